The second-order valence-electron chi connectivity index (χ2n) is 4.93. The molecule has 2 nitrogen and oxygen atoms in total. The summed E-state index contributed by atoms with van der Waals surface area (Å²) in [4.78, 5) is 11.9. The Morgan fingerprint density at radius 1 is 0.857 bits per heavy atom. The number of carbonyl (C=O) groups excluding carboxylic acids is 1. The van der Waals surface area contributed by atoms with Gasteiger partial charge in [0.2, 0.25) is 0 Å². The second kappa shape index (κ2) is 5.55. The topological polar surface area (TPSA) is 26.3 Å². The Labute approximate surface area is 132 Å². The molecule has 0 aliphatic carbocycles. The van der Waals surface area contributed by atoms with Gasteiger partial charge in [-0.2, -0.15) is 0 Å². The molecule has 1 aliphatic heterocycles. The van der Waals surface area contributed by atoms with Crippen LogP contribution in [0.25, 0.3) is 0 Å². The highest BCUT2D eigenvalue weighted by Crippen LogP contribution is 2.45. The third-order valence-electron chi connectivity index (χ3n) is 3.60. The average Bonchev–Trinajstić information content (AvgIpc) is 2.77. The van der Waals surface area contributed by atoms with Crippen molar-refractivity contribution >= 4 is 29.2 Å². The number of carbonyl (C=O) groups is 1. The molecule has 0 spiro atoms. The summed E-state index contributed by atoms with van der Waals surface area (Å²) < 4.78 is 5.48. The third kappa shape index (κ3) is 2.69. The third-order valence-corrected chi connectivity index (χ3v) is 4.11. The number of hydrogen-bond acceptors (Lipinski definition) is 2. The number of cyclic esters (lactones) is 1. The van der Waals surface area contributed by atoms with Crippen LogP contribution in [-0.2, 0) is 9.53 Å². The van der Waals surface area contributed by atoms with E-state index in [2.05, 4.69) is 6.58 Å². The van der Waals surface area contributed by atoms with Crippen molar-refractivity contribution in [2.75, 3.05) is 0 Å². The Morgan fingerprint density at radius 2 is 1.33 bits per heavy atom. The van der Waals surface area contributed by atoms with Crippen molar-refractivity contribution in [3.63, 3.8) is 0 Å². The first kappa shape index (κ1) is 14.2. The van der Waals surface area contributed by atoms with E-state index in [1.165, 1.54) is 0 Å². The van der Waals surface area contributed by atoms with Crippen LogP contribution in [0.4, 0.5) is 0 Å². The molecule has 0 amide bonds. The van der Waals surface area contributed by atoms with Gasteiger partial charge in [-0.25, -0.2) is 4.79 Å². The van der Waals surface area contributed by atoms with Crippen LogP contribution in [-0.4, -0.2) is 5.97 Å². The SMILES string of the molecule is C=C1C(=O)OC(c2ccc(Cl)cc2)C1c1ccc(Cl)cc1. The lowest BCUT2D eigenvalue weighted by atomic mass is 9.86. The van der Waals surface area contributed by atoms with Gasteiger partial charge in [0.1, 0.15) is 6.10 Å². The fourth-order valence-corrected chi connectivity index (χ4v) is 2.78. The molecule has 0 saturated carbocycles. The molecule has 2 aromatic carbocycles. The summed E-state index contributed by atoms with van der Waals surface area (Å²) in [5, 5.41) is 1.29. The van der Waals surface area contributed by atoms with Crippen molar-refractivity contribution in [1.82, 2.24) is 0 Å². The summed E-state index contributed by atoms with van der Waals surface area (Å²) in [6, 6.07) is 14.7. The molecule has 2 unspecified atom stereocenters. The zero-order valence-corrected chi connectivity index (χ0v) is 12.6. The van der Waals surface area contributed by atoms with E-state index < -0.39 is 0 Å². The first-order valence-corrected chi connectivity index (χ1v) is 7.22. The van der Waals surface area contributed by atoms with E-state index in [9.17, 15) is 4.79 Å². The summed E-state index contributed by atoms with van der Waals surface area (Å²) in [5.41, 5.74) is 2.30. The lowest BCUT2D eigenvalue weighted by Gasteiger charge is -2.18. The Kier molecular flexibility index (Phi) is 3.75. The zero-order chi connectivity index (χ0) is 15.0. The van der Waals surface area contributed by atoms with Crippen molar-refractivity contribution in [3.05, 3.63) is 81.9 Å². The Bertz CT molecular complexity index is 690. The van der Waals surface area contributed by atoms with Crippen molar-refractivity contribution < 1.29 is 9.53 Å². The molecule has 1 saturated heterocycles. The second-order valence-corrected chi connectivity index (χ2v) is 5.80. The average molecular weight is 319 g/mol. The van der Waals surface area contributed by atoms with Crippen LogP contribution >= 0.6 is 23.2 Å². The minimum atomic E-state index is -0.386. The first-order valence-electron chi connectivity index (χ1n) is 6.47. The first-order chi connectivity index (χ1) is 10.1. The van der Waals surface area contributed by atoms with Crippen molar-refractivity contribution in [2.24, 2.45) is 0 Å². The molecular weight excluding hydrogens is 307 g/mol. The van der Waals surface area contributed by atoms with E-state index in [4.69, 9.17) is 27.9 Å². The maximum Gasteiger partial charge on any atom is 0.334 e. The van der Waals surface area contributed by atoms with Gasteiger partial charge in [0.05, 0.1) is 5.92 Å². The largest absolute Gasteiger partial charge is 0.453 e. The Balaban J connectivity index is 2.02. The van der Waals surface area contributed by atoms with Crippen LogP contribution in [0.5, 0.6) is 0 Å². The van der Waals surface area contributed by atoms with Crippen LogP contribution in [0.3, 0.4) is 0 Å². The summed E-state index contributed by atoms with van der Waals surface area (Å²) in [6.07, 6.45) is -0.386. The number of hydrogen-bond donors (Lipinski definition) is 0. The standard InChI is InChI=1S/C17H12Cl2O2/c1-10-15(11-2-6-13(18)7-3-11)16(21-17(10)20)12-4-8-14(19)9-5-12/h2-9,15-16H,1H2. The Hall–Kier alpha value is -1.77. The molecule has 1 aliphatic rings. The molecule has 0 aromatic heterocycles. The number of ether oxygens (including phenoxy) is 1. The van der Waals surface area contributed by atoms with E-state index >= 15 is 0 Å². The fourth-order valence-electron chi connectivity index (χ4n) is 2.53. The van der Waals surface area contributed by atoms with Gasteiger partial charge in [-0.15, -0.1) is 0 Å². The highest BCUT2D eigenvalue weighted by Gasteiger charge is 2.40. The highest BCUT2D eigenvalue weighted by atomic mass is 35.5. The predicted octanol–water partition coefficient (Wildman–Crippen LogP) is 4.93. The minimum Gasteiger partial charge on any atom is -0.453 e. The van der Waals surface area contributed by atoms with Gasteiger partial charge in [0.15, 0.2) is 0 Å². The molecule has 1 heterocycles. The van der Waals surface area contributed by atoms with Gasteiger partial charge in [0.25, 0.3) is 0 Å². The number of benzene rings is 2. The van der Waals surface area contributed by atoms with Crippen LogP contribution in [0, 0.1) is 0 Å². The normalized spacial score (nSPS) is 21.4. The monoisotopic (exact) mass is 318 g/mol. The highest BCUT2D eigenvalue weighted by molar-refractivity contribution is 6.30. The zero-order valence-electron chi connectivity index (χ0n) is 11.1. The van der Waals surface area contributed by atoms with Crippen molar-refractivity contribution in [3.8, 4) is 0 Å². The molecule has 3 rings (SSSR count). The molecule has 21 heavy (non-hydrogen) atoms. The van der Waals surface area contributed by atoms with E-state index in [0.29, 0.717) is 15.6 Å². The van der Waals surface area contributed by atoms with Gasteiger partial charge in [-0.1, -0.05) is 54.0 Å². The van der Waals surface area contributed by atoms with E-state index in [1.54, 1.807) is 24.3 Å². The summed E-state index contributed by atoms with van der Waals surface area (Å²) in [7, 11) is 0. The van der Waals surface area contributed by atoms with Crippen LogP contribution in [0.15, 0.2) is 60.7 Å². The minimum absolute atomic E-state index is 0.212. The quantitative estimate of drug-likeness (QED) is 0.579. The molecule has 0 bridgehead atoms. The van der Waals surface area contributed by atoms with E-state index in [1.807, 2.05) is 24.3 Å². The fraction of sp³-hybridized carbons (Fsp3) is 0.118. The summed E-state index contributed by atoms with van der Waals surface area (Å²) in [6.45, 7) is 3.88. The number of esters is 1. The van der Waals surface area contributed by atoms with Crippen LogP contribution < -0.4 is 0 Å². The molecule has 0 radical (unpaired) electrons. The van der Waals surface area contributed by atoms with Crippen molar-refractivity contribution in [1.29, 1.82) is 0 Å². The molecule has 106 valence electrons. The number of rotatable bonds is 2. The maximum atomic E-state index is 11.9. The van der Waals surface area contributed by atoms with Crippen LogP contribution in [0.2, 0.25) is 10.0 Å². The van der Waals surface area contributed by atoms with Crippen molar-refractivity contribution in [2.45, 2.75) is 12.0 Å². The van der Waals surface area contributed by atoms with Gasteiger partial charge in [0, 0.05) is 15.6 Å². The van der Waals surface area contributed by atoms with E-state index in [0.717, 1.165) is 11.1 Å². The molecule has 2 aromatic rings. The van der Waals surface area contributed by atoms with Gasteiger partial charge < -0.3 is 4.74 Å². The van der Waals surface area contributed by atoms with E-state index in [-0.39, 0.29) is 18.0 Å². The summed E-state index contributed by atoms with van der Waals surface area (Å²) in [5.74, 6) is -0.578. The predicted molar refractivity (Wildman–Crippen MR) is 83.6 cm³/mol. The molecular formula is C17H12Cl2O2. The smallest absolute Gasteiger partial charge is 0.334 e. The van der Waals surface area contributed by atoms with Gasteiger partial charge >= 0.3 is 5.97 Å². The molecule has 4 heteroatoms. The molecule has 2 atom stereocenters. The van der Waals surface area contributed by atoms with Gasteiger partial charge in [-0.05, 0) is 35.4 Å². The lowest BCUT2D eigenvalue weighted by molar-refractivity contribution is -0.139. The van der Waals surface area contributed by atoms with Crippen LogP contribution in [0.1, 0.15) is 23.1 Å². The Morgan fingerprint density at radius 3 is 1.86 bits per heavy atom. The molecule has 0 N–H and O–H groups in total. The summed E-state index contributed by atoms with van der Waals surface area (Å²) >= 11 is 11.8. The maximum absolute atomic E-state index is 11.9. The molecule has 1 fully saturated rings. The number of halogens is 2. The van der Waals surface area contributed by atoms with Gasteiger partial charge in [-0.3, -0.25) is 0 Å². The lowest BCUT2D eigenvalue weighted by Crippen LogP contribution is -2.07.